The first-order chi connectivity index (χ1) is 30.7. The van der Waals surface area contributed by atoms with E-state index in [0.29, 0.717) is 0 Å². The lowest BCUT2D eigenvalue weighted by atomic mass is 9.71. The van der Waals surface area contributed by atoms with E-state index in [-0.39, 0.29) is 23.7 Å². The van der Waals surface area contributed by atoms with Crippen molar-refractivity contribution < 1.29 is 0 Å². The highest BCUT2D eigenvalue weighted by molar-refractivity contribution is 5.62. The van der Waals surface area contributed by atoms with E-state index in [1.807, 2.05) is 0 Å². The van der Waals surface area contributed by atoms with E-state index in [1.165, 1.54) is 134 Å². The van der Waals surface area contributed by atoms with Gasteiger partial charge in [-0.15, -0.1) is 0 Å². The fourth-order valence-corrected chi connectivity index (χ4v) is 11.2. The predicted octanol–water partition coefficient (Wildman–Crippen LogP) is 16.4. The van der Waals surface area contributed by atoms with Crippen LogP contribution in [0.1, 0.15) is 157 Å². The molecule has 0 unspecified atom stereocenters. The highest BCUT2D eigenvalue weighted by Gasteiger charge is 2.32. The molecule has 64 heavy (non-hydrogen) atoms. The molecule has 0 radical (unpaired) electrons. The van der Waals surface area contributed by atoms with Crippen LogP contribution in [0.4, 0.5) is 0 Å². The maximum Gasteiger partial charge on any atom is 0.0345 e. The van der Waals surface area contributed by atoms with Crippen LogP contribution in [0.15, 0.2) is 146 Å². The fourth-order valence-electron chi connectivity index (χ4n) is 11.2. The van der Waals surface area contributed by atoms with Gasteiger partial charge >= 0.3 is 0 Å². The normalized spacial score (nSPS) is 17.1. The average molecular weight is 833 g/mol. The van der Waals surface area contributed by atoms with Crippen molar-refractivity contribution in [2.24, 2.45) is 0 Å². The van der Waals surface area contributed by atoms with Crippen molar-refractivity contribution in [3.8, 4) is 0 Å². The molecule has 0 fully saturated rings. The van der Waals surface area contributed by atoms with E-state index in [9.17, 15) is 0 Å². The lowest BCUT2D eigenvalue weighted by Crippen LogP contribution is -2.16. The zero-order valence-electron chi connectivity index (χ0n) is 40.2. The van der Waals surface area contributed by atoms with E-state index in [4.69, 9.17) is 0 Å². The second-order valence-corrected chi connectivity index (χ2v) is 19.6. The van der Waals surface area contributed by atoms with Gasteiger partial charge in [-0.25, -0.2) is 0 Å². The molecule has 8 aromatic rings. The molecule has 8 aromatic carbocycles. The molecule has 0 aromatic heterocycles. The molecular formula is C64H64. The standard InChI is InChI=1S/C64H64/c1-37-13-21-49(22-14-37)61-53-33-55(43(7)29-41(53)5)62(50-23-15-38(2)16-24-50)57-35-59(47(11)31-45(57)9)64(52-27-19-40(4)20-28-52)60-36-58(46(10)32-48(60)12)63(51-25-17-39(3)18-26-51)56-34-54(61)42(6)30-44(56)8/h13-36,61-64H,1-12H3. The van der Waals surface area contributed by atoms with Crippen molar-refractivity contribution in [2.75, 3.05) is 0 Å². The van der Waals surface area contributed by atoms with Gasteiger partial charge in [0.05, 0.1) is 0 Å². The Bertz CT molecular complexity index is 2510. The Kier molecular flexibility index (Phi) is 11.5. The molecule has 8 bridgehead atoms. The Labute approximate surface area is 384 Å². The Morgan fingerprint density at radius 3 is 0.469 bits per heavy atom. The molecule has 0 saturated heterocycles. The van der Waals surface area contributed by atoms with Gasteiger partial charge in [0.2, 0.25) is 0 Å². The highest BCUT2D eigenvalue weighted by Crippen LogP contribution is 2.47. The summed E-state index contributed by atoms with van der Waals surface area (Å²) < 4.78 is 0. The van der Waals surface area contributed by atoms with Crippen LogP contribution in [0.3, 0.4) is 0 Å². The maximum absolute atomic E-state index is 2.61. The number of hydrogen-bond donors (Lipinski definition) is 0. The zero-order chi connectivity index (χ0) is 45.1. The molecule has 320 valence electrons. The lowest BCUT2D eigenvalue weighted by Gasteiger charge is -2.32. The minimum atomic E-state index is 0.0276. The Balaban J connectivity index is 1.48. The maximum atomic E-state index is 2.61. The molecule has 0 amide bonds. The van der Waals surface area contributed by atoms with E-state index in [0.717, 1.165) is 0 Å². The average Bonchev–Trinajstić information content (AvgIpc) is 3.25. The number of benzene rings is 8. The van der Waals surface area contributed by atoms with E-state index < -0.39 is 0 Å². The van der Waals surface area contributed by atoms with Gasteiger partial charge < -0.3 is 0 Å². The van der Waals surface area contributed by atoms with Crippen molar-refractivity contribution in [3.63, 3.8) is 0 Å². The van der Waals surface area contributed by atoms with Gasteiger partial charge in [0.25, 0.3) is 0 Å². The topological polar surface area (TPSA) is 0 Å². The van der Waals surface area contributed by atoms with Gasteiger partial charge in [-0.2, -0.15) is 0 Å². The van der Waals surface area contributed by atoms with Crippen molar-refractivity contribution in [2.45, 2.75) is 107 Å². The van der Waals surface area contributed by atoms with Crippen LogP contribution in [0, 0.1) is 83.1 Å². The smallest absolute Gasteiger partial charge is 0.0345 e. The van der Waals surface area contributed by atoms with Crippen LogP contribution in [0.5, 0.6) is 0 Å². The first-order valence-corrected chi connectivity index (χ1v) is 23.4. The number of fused-ring (bicyclic) bond motifs is 8. The third kappa shape index (κ3) is 7.87. The summed E-state index contributed by atoms with van der Waals surface area (Å²) in [7, 11) is 0. The largest absolute Gasteiger partial charge is 0.0590 e. The first-order valence-electron chi connectivity index (χ1n) is 23.4. The number of hydrogen-bond acceptors (Lipinski definition) is 0. The third-order valence-corrected chi connectivity index (χ3v) is 14.7. The first kappa shape index (κ1) is 43.0. The number of rotatable bonds is 4. The minimum absolute atomic E-state index is 0.0276. The molecule has 1 aliphatic rings. The summed E-state index contributed by atoms with van der Waals surface area (Å²) in [5.41, 5.74) is 32.0. The van der Waals surface area contributed by atoms with Crippen LogP contribution in [-0.2, 0) is 0 Å². The van der Waals surface area contributed by atoms with Crippen molar-refractivity contribution in [1.82, 2.24) is 0 Å². The Morgan fingerprint density at radius 1 is 0.188 bits per heavy atom. The highest BCUT2D eigenvalue weighted by atomic mass is 14.4. The molecule has 0 heteroatoms. The number of aryl methyl sites for hydroxylation is 12. The van der Waals surface area contributed by atoms with Gasteiger partial charge in [-0.3, -0.25) is 0 Å². The molecule has 0 N–H and O–H groups in total. The van der Waals surface area contributed by atoms with Crippen LogP contribution >= 0.6 is 0 Å². The second-order valence-electron chi connectivity index (χ2n) is 19.6. The second kappa shape index (κ2) is 17.0. The summed E-state index contributed by atoms with van der Waals surface area (Å²) in [6, 6.07) is 57.7. The van der Waals surface area contributed by atoms with Crippen LogP contribution in [-0.4, -0.2) is 0 Å². The quantitative estimate of drug-likeness (QED) is 0.166. The van der Waals surface area contributed by atoms with Gasteiger partial charge in [0.1, 0.15) is 0 Å². The molecule has 0 spiro atoms. The van der Waals surface area contributed by atoms with Crippen LogP contribution < -0.4 is 0 Å². The molecular weight excluding hydrogens is 769 g/mol. The van der Waals surface area contributed by atoms with Gasteiger partial charge in [0.15, 0.2) is 0 Å². The minimum Gasteiger partial charge on any atom is -0.0590 e. The SMILES string of the molecule is Cc1ccc(C2c3cc(c(C)cc3C)C(c3ccc(C)cc3)c3cc(c(C)cc3C)C(c3ccc(C)cc3)c3cc(c(C)cc3C)C(c3ccc(C)cc3)c3cc2c(C)cc3C)cc1. The zero-order valence-corrected chi connectivity index (χ0v) is 40.2. The summed E-state index contributed by atoms with van der Waals surface area (Å²) in [5.74, 6) is 0.110. The third-order valence-electron chi connectivity index (χ3n) is 14.7. The summed E-state index contributed by atoms with van der Waals surface area (Å²) >= 11 is 0. The predicted molar refractivity (Wildman–Crippen MR) is 272 cm³/mol. The van der Waals surface area contributed by atoms with Crippen molar-refractivity contribution >= 4 is 0 Å². The van der Waals surface area contributed by atoms with Crippen LogP contribution in [0.25, 0.3) is 0 Å². The van der Waals surface area contributed by atoms with Crippen LogP contribution in [0.2, 0.25) is 0 Å². The summed E-state index contributed by atoms with van der Waals surface area (Å²) in [6.07, 6.45) is 0. The summed E-state index contributed by atoms with van der Waals surface area (Å²) in [6.45, 7) is 27.5. The molecule has 1 aliphatic carbocycles. The fraction of sp³-hybridized carbons (Fsp3) is 0.250. The van der Waals surface area contributed by atoms with Crippen molar-refractivity contribution in [3.05, 3.63) is 279 Å². The molecule has 9 rings (SSSR count). The van der Waals surface area contributed by atoms with Gasteiger partial charge in [0, 0.05) is 23.7 Å². The summed E-state index contributed by atoms with van der Waals surface area (Å²) in [4.78, 5) is 0. The molecule has 0 atom stereocenters. The molecule has 0 nitrogen and oxygen atoms in total. The van der Waals surface area contributed by atoms with E-state index in [1.54, 1.807) is 0 Å². The molecule has 0 heterocycles. The monoisotopic (exact) mass is 833 g/mol. The van der Waals surface area contributed by atoms with E-state index in [2.05, 4.69) is 229 Å². The van der Waals surface area contributed by atoms with E-state index >= 15 is 0 Å². The summed E-state index contributed by atoms with van der Waals surface area (Å²) in [5, 5.41) is 0. The lowest BCUT2D eigenvalue weighted by molar-refractivity contribution is 0.872. The Hall–Kier alpha value is -6.24. The molecule has 0 aliphatic heterocycles. The van der Waals surface area contributed by atoms with Gasteiger partial charge in [-0.05, 0) is 194 Å². The van der Waals surface area contributed by atoms with Gasteiger partial charge in [-0.1, -0.05) is 168 Å². The van der Waals surface area contributed by atoms with Crippen molar-refractivity contribution in [1.29, 1.82) is 0 Å². The molecule has 0 saturated carbocycles. The Morgan fingerprint density at radius 2 is 0.328 bits per heavy atom.